The first kappa shape index (κ1) is 12.0. The third kappa shape index (κ3) is 2.82. The molecule has 1 amide bonds. The van der Waals surface area contributed by atoms with Crippen molar-refractivity contribution in [3.05, 3.63) is 29.6 Å². The third-order valence-electron chi connectivity index (χ3n) is 2.63. The highest BCUT2D eigenvalue weighted by atomic mass is 32.2. The van der Waals surface area contributed by atoms with Crippen LogP contribution in [0.25, 0.3) is 0 Å². The number of anilines is 1. The zero-order chi connectivity index (χ0) is 12.4. The van der Waals surface area contributed by atoms with Crippen LogP contribution in [0.4, 0.5) is 10.1 Å². The van der Waals surface area contributed by atoms with Crippen molar-refractivity contribution < 1.29 is 13.4 Å². The van der Waals surface area contributed by atoms with Crippen LogP contribution in [-0.4, -0.2) is 39.6 Å². The Labute approximate surface area is 101 Å². The molecule has 17 heavy (non-hydrogen) atoms. The smallest absolute Gasteiger partial charge is 0.254 e. The average molecular weight is 256 g/mol. The van der Waals surface area contributed by atoms with E-state index in [1.165, 1.54) is 18.2 Å². The highest BCUT2D eigenvalue weighted by molar-refractivity contribution is 7.85. The Morgan fingerprint density at radius 2 is 1.94 bits per heavy atom. The van der Waals surface area contributed by atoms with Crippen molar-refractivity contribution in [1.82, 2.24) is 4.90 Å². The predicted octanol–water partition coefficient (Wildman–Crippen LogP) is 0.612. The number of hydrogen-bond acceptors (Lipinski definition) is 3. The number of nitrogens with zero attached hydrogens (tertiary/aromatic N) is 1. The maximum absolute atomic E-state index is 13.1. The van der Waals surface area contributed by atoms with Gasteiger partial charge < -0.3 is 10.6 Å². The molecule has 0 aliphatic carbocycles. The average Bonchev–Trinajstić information content (AvgIpc) is 2.28. The number of carbonyl (C=O) groups excluding carboxylic acids is 1. The van der Waals surface area contributed by atoms with E-state index in [-0.39, 0.29) is 17.2 Å². The highest BCUT2D eigenvalue weighted by Crippen LogP contribution is 2.14. The van der Waals surface area contributed by atoms with Gasteiger partial charge in [-0.05, 0) is 18.2 Å². The first-order valence-electron chi connectivity index (χ1n) is 5.26. The molecular weight excluding hydrogens is 243 g/mol. The largest absolute Gasteiger partial charge is 0.399 e. The molecule has 0 unspecified atom stereocenters. The molecule has 1 aliphatic rings. The summed E-state index contributed by atoms with van der Waals surface area (Å²) in [5, 5.41) is 0. The Bertz CT molecular complexity index is 448. The molecule has 0 aromatic heterocycles. The Hall–Kier alpha value is -1.43. The van der Waals surface area contributed by atoms with Gasteiger partial charge in [-0.1, -0.05) is 0 Å². The van der Waals surface area contributed by atoms with Crippen LogP contribution in [0.1, 0.15) is 10.4 Å². The maximum Gasteiger partial charge on any atom is 0.254 e. The first-order valence-corrected chi connectivity index (χ1v) is 6.75. The quantitative estimate of drug-likeness (QED) is 0.749. The lowest BCUT2D eigenvalue weighted by atomic mass is 10.1. The Morgan fingerprint density at radius 3 is 2.53 bits per heavy atom. The van der Waals surface area contributed by atoms with Gasteiger partial charge >= 0.3 is 0 Å². The molecule has 1 fully saturated rings. The molecule has 1 aromatic carbocycles. The molecule has 1 aliphatic heterocycles. The summed E-state index contributed by atoms with van der Waals surface area (Å²) in [6.07, 6.45) is 0. The molecule has 2 N–H and O–H groups in total. The number of benzene rings is 1. The zero-order valence-corrected chi connectivity index (χ0v) is 10.0. The number of halogens is 1. The summed E-state index contributed by atoms with van der Waals surface area (Å²) in [5.41, 5.74) is 5.97. The standard InChI is InChI=1S/C11H13FN2O2S/c12-9-5-8(6-10(13)7-9)11(15)14-1-3-17(16)4-2-14/h5-7H,1-4,13H2. The molecular formula is C11H13FN2O2S. The van der Waals surface area contributed by atoms with Crippen molar-refractivity contribution in [3.63, 3.8) is 0 Å². The van der Waals surface area contributed by atoms with Crippen molar-refractivity contribution in [2.45, 2.75) is 0 Å². The molecule has 0 radical (unpaired) electrons. The molecule has 4 nitrogen and oxygen atoms in total. The van der Waals surface area contributed by atoms with Gasteiger partial charge in [0.1, 0.15) is 5.82 Å². The maximum atomic E-state index is 13.1. The summed E-state index contributed by atoms with van der Waals surface area (Å²) in [6, 6.07) is 3.79. The number of amides is 1. The van der Waals surface area contributed by atoms with Gasteiger partial charge in [0.15, 0.2) is 0 Å². The highest BCUT2D eigenvalue weighted by Gasteiger charge is 2.21. The van der Waals surface area contributed by atoms with E-state index >= 15 is 0 Å². The minimum atomic E-state index is -0.835. The molecule has 0 bridgehead atoms. The van der Waals surface area contributed by atoms with E-state index in [4.69, 9.17) is 5.73 Å². The topological polar surface area (TPSA) is 63.4 Å². The summed E-state index contributed by atoms with van der Waals surface area (Å²) in [7, 11) is -0.835. The van der Waals surface area contributed by atoms with E-state index < -0.39 is 16.6 Å². The lowest BCUT2D eigenvalue weighted by Gasteiger charge is -2.26. The SMILES string of the molecule is Nc1cc(F)cc(C(=O)N2CCS(=O)CC2)c1. The Kier molecular flexibility index (Phi) is 3.42. The number of rotatable bonds is 1. The molecule has 1 aromatic rings. The van der Waals surface area contributed by atoms with Gasteiger partial charge in [0.25, 0.3) is 5.91 Å². The fraction of sp³-hybridized carbons (Fsp3) is 0.364. The van der Waals surface area contributed by atoms with Crippen molar-refractivity contribution in [2.75, 3.05) is 30.3 Å². The van der Waals surface area contributed by atoms with Crippen molar-refractivity contribution in [3.8, 4) is 0 Å². The first-order chi connectivity index (χ1) is 8.06. The van der Waals surface area contributed by atoms with Gasteiger partial charge in [-0.25, -0.2) is 4.39 Å². The molecule has 92 valence electrons. The van der Waals surface area contributed by atoms with Gasteiger partial charge in [0.05, 0.1) is 0 Å². The van der Waals surface area contributed by atoms with Crippen LogP contribution in [0, 0.1) is 5.82 Å². The third-order valence-corrected chi connectivity index (χ3v) is 3.91. The zero-order valence-electron chi connectivity index (χ0n) is 9.19. The van der Waals surface area contributed by atoms with Crippen LogP contribution in [0.3, 0.4) is 0 Å². The summed E-state index contributed by atoms with van der Waals surface area (Å²) in [5.74, 6) is 0.189. The van der Waals surface area contributed by atoms with Gasteiger partial charge in [0.2, 0.25) is 0 Å². The van der Waals surface area contributed by atoms with Crippen LogP contribution < -0.4 is 5.73 Å². The van der Waals surface area contributed by atoms with Crippen molar-refractivity contribution in [2.24, 2.45) is 0 Å². The Morgan fingerprint density at radius 1 is 1.29 bits per heavy atom. The second-order valence-electron chi connectivity index (χ2n) is 3.91. The molecule has 0 atom stereocenters. The lowest BCUT2D eigenvalue weighted by Crippen LogP contribution is -2.41. The normalized spacial score (nSPS) is 17.1. The molecule has 1 heterocycles. The van der Waals surface area contributed by atoms with E-state index in [2.05, 4.69) is 0 Å². The fourth-order valence-electron chi connectivity index (χ4n) is 1.76. The second kappa shape index (κ2) is 4.83. The molecule has 0 spiro atoms. The number of carbonyl (C=O) groups is 1. The van der Waals surface area contributed by atoms with Crippen molar-refractivity contribution in [1.29, 1.82) is 0 Å². The van der Waals surface area contributed by atoms with E-state index in [1.54, 1.807) is 4.90 Å². The number of nitrogens with two attached hydrogens (primary N) is 1. The fourth-order valence-corrected chi connectivity index (χ4v) is 2.81. The summed E-state index contributed by atoms with van der Waals surface area (Å²) < 4.78 is 24.3. The summed E-state index contributed by atoms with van der Waals surface area (Å²) >= 11 is 0. The van der Waals surface area contributed by atoms with Crippen LogP contribution >= 0.6 is 0 Å². The lowest BCUT2D eigenvalue weighted by molar-refractivity contribution is 0.0771. The molecule has 6 heteroatoms. The van der Waals surface area contributed by atoms with Gasteiger partial charge in [-0.3, -0.25) is 9.00 Å². The molecule has 1 saturated heterocycles. The van der Waals surface area contributed by atoms with E-state index in [0.717, 1.165) is 0 Å². The second-order valence-corrected chi connectivity index (χ2v) is 5.61. The predicted molar refractivity (Wildman–Crippen MR) is 64.6 cm³/mol. The van der Waals surface area contributed by atoms with Crippen LogP contribution in [0.5, 0.6) is 0 Å². The molecule has 0 saturated carbocycles. The minimum Gasteiger partial charge on any atom is -0.399 e. The summed E-state index contributed by atoms with van der Waals surface area (Å²) in [6.45, 7) is 0.893. The van der Waals surface area contributed by atoms with E-state index in [0.29, 0.717) is 24.6 Å². The minimum absolute atomic E-state index is 0.230. The molecule has 2 rings (SSSR count). The van der Waals surface area contributed by atoms with E-state index in [1.807, 2.05) is 0 Å². The van der Waals surface area contributed by atoms with Crippen molar-refractivity contribution >= 4 is 22.4 Å². The Balaban J connectivity index is 2.16. The van der Waals surface area contributed by atoms with Crippen LogP contribution in [0.2, 0.25) is 0 Å². The number of nitrogen functional groups attached to an aromatic ring is 1. The van der Waals surface area contributed by atoms with Gasteiger partial charge in [0, 0.05) is 46.6 Å². The monoisotopic (exact) mass is 256 g/mol. The van der Waals surface area contributed by atoms with Crippen LogP contribution in [-0.2, 0) is 10.8 Å². The van der Waals surface area contributed by atoms with Crippen LogP contribution in [0.15, 0.2) is 18.2 Å². The van der Waals surface area contributed by atoms with Gasteiger partial charge in [-0.15, -0.1) is 0 Å². The van der Waals surface area contributed by atoms with E-state index in [9.17, 15) is 13.4 Å². The van der Waals surface area contributed by atoms with Gasteiger partial charge in [-0.2, -0.15) is 0 Å². The summed E-state index contributed by atoms with van der Waals surface area (Å²) in [4.78, 5) is 13.6. The number of hydrogen-bond donors (Lipinski definition) is 1.